The molecule has 9 heteroatoms. The van der Waals surface area contributed by atoms with Gasteiger partial charge in [-0.1, -0.05) is 0 Å². The van der Waals surface area contributed by atoms with Crippen molar-refractivity contribution in [1.29, 1.82) is 0 Å². The predicted molar refractivity (Wildman–Crippen MR) is 114 cm³/mol. The normalized spacial score (nSPS) is 17.7. The number of nitrogens with one attached hydrogen (secondary N) is 2. The van der Waals surface area contributed by atoms with Gasteiger partial charge in [-0.3, -0.25) is 14.9 Å². The number of piperidine rings is 1. The number of aromatic nitrogens is 5. The molecule has 5 heterocycles. The Bertz CT molecular complexity index is 1030. The lowest BCUT2D eigenvalue weighted by Gasteiger charge is -2.39. The molecule has 2 saturated heterocycles. The molecule has 0 atom stereocenters. The number of hydrogen-bond acceptors (Lipinski definition) is 7. The Morgan fingerprint density at radius 2 is 1.93 bits per heavy atom. The molecule has 3 aromatic heterocycles. The maximum atomic E-state index is 8.36. The maximum Gasteiger partial charge on any atom is 0.290 e. The molecule has 0 unspecified atom stereocenters. The molecule has 1 spiro atoms. The van der Waals surface area contributed by atoms with Gasteiger partial charge in [0.1, 0.15) is 5.82 Å². The third kappa shape index (κ3) is 3.85. The van der Waals surface area contributed by atoms with Crippen molar-refractivity contribution in [1.82, 2.24) is 30.5 Å². The number of anilines is 1. The molecule has 0 bridgehead atoms. The lowest BCUT2D eigenvalue weighted by molar-refractivity contribution is -0.122. The highest BCUT2D eigenvalue weighted by Crippen LogP contribution is 2.39. The molecule has 0 amide bonds. The van der Waals surface area contributed by atoms with E-state index in [9.17, 15) is 0 Å². The first kappa shape index (κ1) is 20.2. The van der Waals surface area contributed by atoms with Crippen LogP contribution in [0.25, 0.3) is 22.3 Å². The van der Waals surface area contributed by atoms with Gasteiger partial charge in [0.05, 0.1) is 23.5 Å². The van der Waals surface area contributed by atoms with Gasteiger partial charge in [-0.05, 0) is 51.1 Å². The van der Waals surface area contributed by atoms with E-state index >= 15 is 0 Å². The number of carbonyl (C=O) groups is 1. The minimum atomic E-state index is -0.250. The highest BCUT2D eigenvalue weighted by Gasteiger charge is 2.37. The molecule has 0 saturated carbocycles. The number of fused-ring (bicyclic) bond motifs is 1. The van der Waals surface area contributed by atoms with Gasteiger partial charge in [-0.2, -0.15) is 5.10 Å². The van der Waals surface area contributed by atoms with E-state index in [4.69, 9.17) is 19.9 Å². The van der Waals surface area contributed by atoms with Crippen LogP contribution in [0.5, 0.6) is 0 Å². The van der Waals surface area contributed by atoms with E-state index in [1.165, 1.54) is 19.3 Å². The number of rotatable bonds is 2. The summed E-state index contributed by atoms with van der Waals surface area (Å²) in [7, 11) is 0. The highest BCUT2D eigenvalue weighted by molar-refractivity contribution is 5.91. The standard InChI is InChI=1S/C20H25N7.CH2O2/c1-13-9-15-17(11-22-13)24-18(16-10-23-26-14(16)2)25-19(15)27-7-4-20(5-8-27)3-6-21-12-20;2-1-3/h9-11,21H,3-8,12H2,1-2H3,(H,23,26);1H,(H,2,3). The number of carboxylic acid groups (broad SMARTS) is 1. The van der Waals surface area contributed by atoms with Crippen LogP contribution in [-0.2, 0) is 4.79 Å². The van der Waals surface area contributed by atoms with E-state index in [1.807, 2.05) is 20.0 Å². The summed E-state index contributed by atoms with van der Waals surface area (Å²) in [6.45, 7) is 8.17. The fourth-order valence-corrected chi connectivity index (χ4v) is 4.47. The average molecular weight is 409 g/mol. The number of pyridine rings is 1. The quantitative estimate of drug-likeness (QED) is 0.552. The van der Waals surface area contributed by atoms with Gasteiger partial charge < -0.3 is 15.3 Å². The summed E-state index contributed by atoms with van der Waals surface area (Å²) in [5.74, 6) is 1.75. The van der Waals surface area contributed by atoms with Crippen LogP contribution in [0.4, 0.5) is 5.82 Å². The second-order valence-electron chi connectivity index (χ2n) is 8.14. The molecule has 2 aliphatic heterocycles. The number of hydrogen-bond donors (Lipinski definition) is 3. The molecule has 5 rings (SSSR count). The molecule has 9 nitrogen and oxygen atoms in total. The van der Waals surface area contributed by atoms with E-state index in [0.717, 1.165) is 65.7 Å². The molecule has 158 valence electrons. The lowest BCUT2D eigenvalue weighted by atomic mass is 9.78. The second-order valence-corrected chi connectivity index (χ2v) is 8.14. The Hall–Kier alpha value is -3.07. The summed E-state index contributed by atoms with van der Waals surface area (Å²) in [6, 6.07) is 2.11. The minimum absolute atomic E-state index is 0.250. The van der Waals surface area contributed by atoms with Crippen LogP contribution in [0.1, 0.15) is 30.7 Å². The number of aryl methyl sites for hydroxylation is 2. The Kier molecular flexibility index (Phi) is 5.63. The van der Waals surface area contributed by atoms with Gasteiger partial charge in [0.15, 0.2) is 5.82 Å². The van der Waals surface area contributed by atoms with Gasteiger partial charge in [0, 0.05) is 36.4 Å². The van der Waals surface area contributed by atoms with Crippen LogP contribution < -0.4 is 10.2 Å². The van der Waals surface area contributed by atoms with Crippen molar-refractivity contribution in [2.45, 2.75) is 33.1 Å². The summed E-state index contributed by atoms with van der Waals surface area (Å²) in [5.41, 5.74) is 4.31. The Balaban J connectivity index is 0.000000687. The van der Waals surface area contributed by atoms with Crippen LogP contribution in [-0.4, -0.2) is 62.9 Å². The van der Waals surface area contributed by atoms with Crippen molar-refractivity contribution in [2.75, 3.05) is 31.1 Å². The average Bonchev–Trinajstić information content (AvgIpc) is 3.38. The first-order valence-corrected chi connectivity index (χ1v) is 10.2. The lowest BCUT2D eigenvalue weighted by Crippen LogP contribution is -2.41. The molecule has 30 heavy (non-hydrogen) atoms. The van der Waals surface area contributed by atoms with Crippen LogP contribution in [0.2, 0.25) is 0 Å². The first-order valence-electron chi connectivity index (χ1n) is 10.2. The van der Waals surface area contributed by atoms with Crippen molar-refractivity contribution in [3.8, 4) is 11.4 Å². The SMILES string of the molecule is Cc1cc2c(N3CCC4(CCNC4)CC3)nc(-c3cn[nH]c3C)nc2cn1.O=CO. The zero-order valence-corrected chi connectivity index (χ0v) is 17.4. The molecule has 3 N–H and O–H groups in total. The highest BCUT2D eigenvalue weighted by atomic mass is 16.3. The van der Waals surface area contributed by atoms with Gasteiger partial charge in [0.25, 0.3) is 6.47 Å². The summed E-state index contributed by atoms with van der Waals surface area (Å²) in [6.07, 6.45) is 7.40. The smallest absolute Gasteiger partial charge is 0.290 e. The molecule has 0 aromatic carbocycles. The monoisotopic (exact) mass is 409 g/mol. The Labute approximate surface area is 175 Å². The van der Waals surface area contributed by atoms with E-state index in [1.54, 1.807) is 6.20 Å². The van der Waals surface area contributed by atoms with E-state index < -0.39 is 0 Å². The number of aromatic amines is 1. The summed E-state index contributed by atoms with van der Waals surface area (Å²) in [5, 5.41) is 18.7. The van der Waals surface area contributed by atoms with Crippen molar-refractivity contribution in [3.05, 3.63) is 29.8 Å². The van der Waals surface area contributed by atoms with Crippen molar-refractivity contribution >= 4 is 23.2 Å². The fourth-order valence-electron chi connectivity index (χ4n) is 4.47. The van der Waals surface area contributed by atoms with Crippen molar-refractivity contribution < 1.29 is 9.90 Å². The van der Waals surface area contributed by atoms with Gasteiger partial charge in [-0.25, -0.2) is 9.97 Å². The van der Waals surface area contributed by atoms with Crippen molar-refractivity contribution in [3.63, 3.8) is 0 Å². The molecule has 0 radical (unpaired) electrons. The van der Waals surface area contributed by atoms with Crippen LogP contribution in [0.15, 0.2) is 18.5 Å². The zero-order valence-electron chi connectivity index (χ0n) is 17.4. The number of nitrogens with zero attached hydrogens (tertiary/aromatic N) is 5. The van der Waals surface area contributed by atoms with Crippen LogP contribution in [0.3, 0.4) is 0 Å². The summed E-state index contributed by atoms with van der Waals surface area (Å²) in [4.78, 5) is 25.0. The van der Waals surface area contributed by atoms with Gasteiger partial charge >= 0.3 is 0 Å². The first-order chi connectivity index (χ1) is 14.5. The fraction of sp³-hybridized carbons (Fsp3) is 0.476. The summed E-state index contributed by atoms with van der Waals surface area (Å²) < 4.78 is 0. The van der Waals surface area contributed by atoms with Crippen LogP contribution >= 0.6 is 0 Å². The topological polar surface area (TPSA) is 120 Å². The largest absolute Gasteiger partial charge is 0.483 e. The molecule has 2 aliphatic rings. The van der Waals surface area contributed by atoms with E-state index in [0.29, 0.717) is 5.41 Å². The third-order valence-corrected chi connectivity index (χ3v) is 6.23. The maximum absolute atomic E-state index is 8.36. The molecular formula is C21H27N7O2. The van der Waals surface area contributed by atoms with E-state index in [-0.39, 0.29) is 6.47 Å². The third-order valence-electron chi connectivity index (χ3n) is 6.23. The van der Waals surface area contributed by atoms with E-state index in [2.05, 4.69) is 31.5 Å². The minimum Gasteiger partial charge on any atom is -0.483 e. The number of H-pyrrole nitrogens is 1. The van der Waals surface area contributed by atoms with Gasteiger partial charge in [0.2, 0.25) is 0 Å². The zero-order chi connectivity index (χ0) is 21.1. The Morgan fingerprint density at radius 1 is 1.17 bits per heavy atom. The second kappa shape index (κ2) is 8.35. The van der Waals surface area contributed by atoms with Gasteiger partial charge in [-0.15, -0.1) is 0 Å². The molecule has 0 aliphatic carbocycles. The summed E-state index contributed by atoms with van der Waals surface area (Å²) >= 11 is 0. The molecule has 3 aromatic rings. The van der Waals surface area contributed by atoms with Crippen molar-refractivity contribution in [2.24, 2.45) is 5.41 Å². The molecule has 2 fully saturated rings. The molecular weight excluding hydrogens is 382 g/mol. The predicted octanol–water partition coefficient (Wildman–Crippen LogP) is 2.31. The Morgan fingerprint density at radius 3 is 2.57 bits per heavy atom. The van der Waals surface area contributed by atoms with Crippen LogP contribution in [0, 0.1) is 19.3 Å².